The number of ether oxygens (including phenoxy) is 8. The number of Topliss-reactive ketones (excluding diaryl/α,β-unsaturated/α-hetero) is 7. The zero-order valence-electron chi connectivity index (χ0n) is 69.9. The van der Waals surface area contributed by atoms with E-state index in [9.17, 15) is 97.6 Å². The number of nitro benzene ring substituents is 2. The third kappa shape index (κ3) is 51.4. The number of rotatable bonds is 77. The van der Waals surface area contributed by atoms with Crippen molar-refractivity contribution in [2.75, 3.05) is 132 Å². The van der Waals surface area contributed by atoms with Gasteiger partial charge < -0.3 is 85.4 Å². The van der Waals surface area contributed by atoms with Crippen molar-refractivity contribution in [1.29, 1.82) is 0 Å². The van der Waals surface area contributed by atoms with Gasteiger partial charge in [0.15, 0.2) is 11.6 Å². The first-order chi connectivity index (χ1) is 57.9. The molecule has 0 saturated carbocycles. The number of nitrogens with zero attached hydrogens (tertiary/aromatic N) is 3. The summed E-state index contributed by atoms with van der Waals surface area (Å²) < 4.78 is 43.5. The highest BCUT2D eigenvalue weighted by atomic mass is 16.6. The summed E-state index contributed by atoms with van der Waals surface area (Å²) in [5, 5.41) is 54.1. The van der Waals surface area contributed by atoms with Crippen LogP contribution in [0.4, 0.5) is 11.4 Å². The number of nitro groups is 2. The van der Waals surface area contributed by atoms with Crippen LogP contribution in [0.15, 0.2) is 61.1 Å². The zero-order chi connectivity index (χ0) is 89.0. The van der Waals surface area contributed by atoms with Crippen LogP contribution in [-0.4, -0.2) is 256 Å². The Balaban J connectivity index is 1.22. The molecule has 674 valence electrons. The van der Waals surface area contributed by atoms with Crippen LogP contribution in [0.5, 0.6) is 0 Å². The van der Waals surface area contributed by atoms with Crippen molar-refractivity contribution in [2.45, 2.75) is 193 Å². The number of hydrogen-bond donors (Lipinski definition) is 9. The van der Waals surface area contributed by atoms with E-state index < -0.39 is 68.9 Å². The molecule has 3 rings (SSSR count). The van der Waals surface area contributed by atoms with Gasteiger partial charge in [0.2, 0.25) is 29.5 Å². The summed E-state index contributed by atoms with van der Waals surface area (Å²) in [4.78, 5) is 205. The lowest BCUT2D eigenvalue weighted by Gasteiger charge is -2.27. The summed E-state index contributed by atoms with van der Waals surface area (Å²) in [5.74, 6) is -8.66. The van der Waals surface area contributed by atoms with Gasteiger partial charge in [0.1, 0.15) is 61.4 Å². The van der Waals surface area contributed by atoms with Gasteiger partial charge in [-0.3, -0.25) is 82.6 Å². The number of nitrogens with two attached hydrogens (primary N) is 1. The van der Waals surface area contributed by atoms with Gasteiger partial charge in [-0.05, 0) is 95.1 Å². The summed E-state index contributed by atoms with van der Waals surface area (Å²) in [6.45, 7) is 6.53. The number of carboxylic acid groups (broad SMARTS) is 2. The van der Waals surface area contributed by atoms with Crippen LogP contribution in [0.3, 0.4) is 0 Å². The number of ketones is 7. The second kappa shape index (κ2) is 63.1. The minimum absolute atomic E-state index is 0.0251. The number of aliphatic carboxylic acids is 2. The van der Waals surface area contributed by atoms with Gasteiger partial charge in [-0.25, -0.2) is 9.78 Å². The molecule has 0 bridgehead atoms. The van der Waals surface area contributed by atoms with Crippen molar-refractivity contribution in [3.8, 4) is 0 Å². The Kier molecular flexibility index (Phi) is 54.9. The number of carbonyl (C=O) groups excluding carboxylic acids is 12. The van der Waals surface area contributed by atoms with Crippen molar-refractivity contribution in [3.05, 3.63) is 98.1 Å². The Morgan fingerprint density at radius 1 is 0.455 bits per heavy atom. The lowest BCUT2D eigenvalue weighted by atomic mass is 9.75. The molecule has 121 heavy (non-hydrogen) atoms. The highest BCUT2D eigenvalue weighted by Gasteiger charge is 2.36. The third-order valence-electron chi connectivity index (χ3n) is 19.3. The molecule has 5 atom stereocenters. The second-order valence-electron chi connectivity index (χ2n) is 29.9. The van der Waals surface area contributed by atoms with Crippen molar-refractivity contribution >= 4 is 93.3 Å². The number of aryl methyl sites for hydroxylation is 2. The molecular formula is C83H124N10O28. The van der Waals surface area contributed by atoms with Gasteiger partial charge >= 0.3 is 11.9 Å². The Labute approximate surface area is 704 Å². The number of non-ortho nitro benzene ring substituents is 2. The number of amides is 5. The number of aromatic nitrogens is 2. The molecule has 0 radical (unpaired) electrons. The van der Waals surface area contributed by atoms with E-state index in [0.29, 0.717) is 76.3 Å². The fourth-order valence-electron chi connectivity index (χ4n) is 12.2. The van der Waals surface area contributed by atoms with E-state index in [0.717, 1.165) is 11.1 Å². The molecule has 0 aliphatic carbocycles. The molecule has 2 aromatic carbocycles. The molecule has 0 aliphatic heterocycles. The number of hydrogen-bond acceptors (Lipinski definition) is 28. The van der Waals surface area contributed by atoms with E-state index in [1.165, 1.54) is 37.5 Å². The van der Waals surface area contributed by atoms with E-state index in [1.807, 2.05) is 0 Å². The smallest absolute Gasteiger partial charge is 0.326 e. The molecule has 0 saturated heterocycles. The minimum Gasteiger partial charge on any atom is -0.481 e. The van der Waals surface area contributed by atoms with Crippen LogP contribution in [0.25, 0.3) is 0 Å². The molecule has 0 aliphatic rings. The number of nitrogens with one attached hydrogen (secondary N) is 6. The van der Waals surface area contributed by atoms with E-state index >= 15 is 0 Å². The predicted molar refractivity (Wildman–Crippen MR) is 436 cm³/mol. The number of carboxylic acids is 2. The van der Waals surface area contributed by atoms with E-state index in [-0.39, 0.29) is 291 Å². The molecule has 38 nitrogen and oxygen atoms in total. The van der Waals surface area contributed by atoms with Crippen LogP contribution in [-0.2, 0) is 124 Å². The monoisotopic (exact) mass is 1710 g/mol. The number of imidazole rings is 1. The number of H-pyrrole nitrogens is 1. The number of aromatic amines is 1. The molecule has 5 amide bonds. The van der Waals surface area contributed by atoms with Crippen molar-refractivity contribution in [1.82, 2.24) is 36.6 Å². The zero-order valence-corrected chi connectivity index (χ0v) is 69.9. The Morgan fingerprint density at radius 2 is 0.917 bits per heavy atom. The van der Waals surface area contributed by atoms with Gasteiger partial charge in [0, 0.05) is 163 Å². The summed E-state index contributed by atoms with van der Waals surface area (Å²) in [6.07, 6.45) is 7.88. The summed E-state index contributed by atoms with van der Waals surface area (Å²) in [7, 11) is 0. The summed E-state index contributed by atoms with van der Waals surface area (Å²) >= 11 is 0. The fourth-order valence-corrected chi connectivity index (χ4v) is 12.2. The van der Waals surface area contributed by atoms with Crippen LogP contribution in [0.1, 0.15) is 179 Å². The third-order valence-corrected chi connectivity index (χ3v) is 19.3. The first kappa shape index (κ1) is 105. The number of benzene rings is 2. The van der Waals surface area contributed by atoms with E-state index in [1.54, 1.807) is 44.3 Å². The van der Waals surface area contributed by atoms with Crippen molar-refractivity contribution in [2.24, 2.45) is 28.9 Å². The van der Waals surface area contributed by atoms with Gasteiger partial charge in [-0.2, -0.15) is 0 Å². The van der Waals surface area contributed by atoms with Crippen LogP contribution in [0, 0.1) is 43.4 Å². The molecule has 3 aromatic rings. The second-order valence-corrected chi connectivity index (χ2v) is 29.9. The number of carbonyl (C=O) groups is 14. The largest absolute Gasteiger partial charge is 0.481 e. The first-order valence-corrected chi connectivity index (χ1v) is 41.2. The van der Waals surface area contributed by atoms with Gasteiger partial charge in [0.05, 0.1) is 94.2 Å². The van der Waals surface area contributed by atoms with Gasteiger partial charge in [-0.15, -0.1) is 0 Å². The Bertz CT molecular complexity index is 3670. The molecular weight excluding hydrogens is 1580 g/mol. The molecule has 10 N–H and O–H groups in total. The van der Waals surface area contributed by atoms with Crippen LogP contribution < -0.4 is 32.3 Å². The quantitative estimate of drug-likeness (QED) is 0.0197. The lowest BCUT2D eigenvalue weighted by Crippen LogP contribution is -2.41. The summed E-state index contributed by atoms with van der Waals surface area (Å²) in [6, 6.07) is 9.79. The standard InChI is InChI=1S/C83H124N10O28/c1-59(94)62(14-4-6-32-86-79(104)56-121-47-43-117-39-35-89-80(105)57-120-46-40-114-36-10-17-68(95)29-30-72(82(108)109)91-77(102)19-9-13-61-22-27-67(28-23-61)93(112)113)49-73(98)63(50-75(100)83(2,3)52-74(99)71(84)51-65-53-85-58-90-65)15-5-7-33-87-78(103)55-119-45-41-115-37-11-18-70(97)54-118-44-42-116-38-34-88-76(101)31-24-64(81(106)107)48-69(96)16-8-12-60-20-25-66(26-21-60)92(110)111/h20-23,25-28,53,58,62-64,71-72H,4-19,24,29-52,54-57,84H2,1-3H3,(H,85,90)(H,86,104)(H,87,103)(H,88,101)(H,89,105)(H,91,102)(H,106,107)(H,108,109)/t62-,63-,64-,71+,72+/m1/s1. The summed E-state index contributed by atoms with van der Waals surface area (Å²) in [5.41, 5.74) is 7.24. The Morgan fingerprint density at radius 3 is 1.40 bits per heavy atom. The molecule has 1 aromatic heterocycles. The average Bonchev–Trinajstić information content (AvgIpc) is 0.856. The maximum atomic E-state index is 14.1. The molecule has 38 heteroatoms. The van der Waals surface area contributed by atoms with Crippen LogP contribution in [0.2, 0.25) is 0 Å². The number of unbranched alkanes of at least 4 members (excludes halogenated alkanes) is 2. The molecule has 0 fully saturated rings. The average molecular weight is 1710 g/mol. The molecule has 0 unspecified atom stereocenters. The maximum absolute atomic E-state index is 14.1. The lowest BCUT2D eigenvalue weighted by molar-refractivity contribution is -0.385. The normalized spacial score (nSPS) is 12.6. The van der Waals surface area contributed by atoms with E-state index in [2.05, 4.69) is 36.6 Å². The molecule has 0 spiro atoms. The van der Waals surface area contributed by atoms with Gasteiger partial charge in [0.25, 0.3) is 11.4 Å². The van der Waals surface area contributed by atoms with Gasteiger partial charge in [-0.1, -0.05) is 51.0 Å². The SMILES string of the molecule is CC(=O)[C@H](CCCCNC(=O)COCCOCCNC(=O)COCCOCCCC(=O)CC[C@H](NC(=O)CCCc1ccc([N+](=O)[O-])cc1)C(=O)O)CC(=O)[C@H](CCCCNC(=O)COCCOCCCC(=O)COCCOCCNC(=O)CC[C@H](CC(=O)CCCc1ccc([N+](=O)[O-])cc1)C(=O)O)CC(=O)C(C)(C)CC(=O)[C@@H](N)Cc1cnc[nH]1. The van der Waals surface area contributed by atoms with Crippen molar-refractivity contribution < 1.29 is 125 Å². The first-order valence-electron chi connectivity index (χ1n) is 41.2. The minimum atomic E-state index is -1.26. The highest BCUT2D eigenvalue weighted by Crippen LogP contribution is 2.31. The maximum Gasteiger partial charge on any atom is 0.326 e. The molecule has 1 heterocycles. The predicted octanol–water partition coefficient (Wildman–Crippen LogP) is 5.29. The fraction of sp³-hybridized carbons (Fsp3) is 0.651. The topological polar surface area (TPSA) is 554 Å². The Hall–Kier alpha value is -9.93. The van der Waals surface area contributed by atoms with E-state index in [4.69, 9.17) is 43.6 Å². The van der Waals surface area contributed by atoms with Crippen LogP contribution >= 0.6 is 0 Å². The highest BCUT2D eigenvalue weighted by molar-refractivity contribution is 5.96. The van der Waals surface area contributed by atoms with Crippen molar-refractivity contribution in [3.63, 3.8) is 0 Å².